The molecule has 0 aliphatic heterocycles. The molecule has 0 spiro atoms. The number of nitrogens with zero attached hydrogens (tertiary/aromatic N) is 5. The van der Waals surface area contributed by atoms with Gasteiger partial charge in [0.1, 0.15) is 17.7 Å². The maximum absolute atomic E-state index is 13.7. The number of halogens is 1. The van der Waals surface area contributed by atoms with Crippen molar-refractivity contribution in [2.75, 3.05) is 7.11 Å². The zero-order valence-electron chi connectivity index (χ0n) is 23.2. The normalized spacial score (nSPS) is 11.4. The van der Waals surface area contributed by atoms with Crippen molar-refractivity contribution in [2.24, 2.45) is 5.10 Å². The number of nitro groups is 1. The van der Waals surface area contributed by atoms with E-state index in [1.54, 1.807) is 37.6 Å². The zero-order valence-corrected chi connectivity index (χ0v) is 25.4. The van der Waals surface area contributed by atoms with Crippen LogP contribution >= 0.6 is 22.6 Å². The second kappa shape index (κ2) is 12.1. The van der Waals surface area contributed by atoms with Gasteiger partial charge in [0.2, 0.25) is 5.88 Å². The van der Waals surface area contributed by atoms with Gasteiger partial charge in [0.15, 0.2) is 5.82 Å². The Morgan fingerprint density at radius 2 is 1.86 bits per heavy atom. The molecule has 0 fully saturated rings. The molecule has 11 heteroatoms. The first kappa shape index (κ1) is 28.9. The summed E-state index contributed by atoms with van der Waals surface area (Å²) in [6, 6.07) is 19.3. The number of aryl methyl sites for hydroxylation is 1. The quantitative estimate of drug-likeness (QED) is 0.0746. The number of hydrogen-bond donors (Lipinski definition) is 0. The highest BCUT2D eigenvalue weighted by Gasteiger charge is 2.18. The fourth-order valence-electron chi connectivity index (χ4n) is 4.43. The van der Waals surface area contributed by atoms with E-state index >= 15 is 0 Å². The maximum Gasteiger partial charge on any atom is 0.287 e. The van der Waals surface area contributed by atoms with Crippen molar-refractivity contribution < 1.29 is 14.4 Å². The van der Waals surface area contributed by atoms with Gasteiger partial charge < -0.3 is 9.47 Å². The van der Waals surface area contributed by atoms with E-state index in [0.29, 0.717) is 22.5 Å². The van der Waals surface area contributed by atoms with Gasteiger partial charge in [0.05, 0.1) is 32.7 Å². The number of methoxy groups -OCH3 is 1. The fraction of sp³-hybridized carbons (Fsp3) is 0.161. The van der Waals surface area contributed by atoms with Crippen molar-refractivity contribution >= 4 is 45.4 Å². The molecule has 5 aromatic rings. The minimum atomic E-state index is -0.518. The molecule has 5 rings (SSSR count). The first-order chi connectivity index (χ1) is 20.2. The van der Waals surface area contributed by atoms with Crippen molar-refractivity contribution in [1.82, 2.24) is 14.6 Å². The van der Waals surface area contributed by atoms with Crippen LogP contribution in [0, 0.1) is 20.6 Å². The lowest BCUT2D eigenvalue weighted by Crippen LogP contribution is -2.20. The monoisotopic (exact) mass is 675 g/mol. The number of benzene rings is 3. The molecule has 0 amide bonds. The Morgan fingerprint density at radius 3 is 2.52 bits per heavy atom. The van der Waals surface area contributed by atoms with Crippen molar-refractivity contribution in [3.05, 3.63) is 114 Å². The van der Waals surface area contributed by atoms with Gasteiger partial charge in [-0.25, -0.2) is 9.97 Å². The largest absolute Gasteiger partial charge is 0.496 e. The summed E-state index contributed by atoms with van der Waals surface area (Å²) in [7, 11) is 1.65. The lowest BCUT2D eigenvalue weighted by atomic mass is 9.96. The molecule has 3 aromatic carbocycles. The first-order valence-electron chi connectivity index (χ1n) is 13.0. The lowest BCUT2D eigenvalue weighted by molar-refractivity contribution is -0.385. The Labute approximate surface area is 255 Å². The first-order valence-corrected chi connectivity index (χ1v) is 14.1. The van der Waals surface area contributed by atoms with Gasteiger partial charge in [0.25, 0.3) is 11.2 Å². The highest BCUT2D eigenvalue weighted by Crippen LogP contribution is 2.34. The van der Waals surface area contributed by atoms with Crippen LogP contribution in [0.15, 0.2) is 82.8 Å². The average Bonchev–Trinajstić information content (AvgIpc) is 2.98. The van der Waals surface area contributed by atoms with Gasteiger partial charge >= 0.3 is 0 Å². The number of rotatable bonds is 8. The lowest BCUT2D eigenvalue weighted by Gasteiger charge is -2.17. The second-order valence-corrected chi connectivity index (χ2v) is 10.9. The van der Waals surface area contributed by atoms with E-state index in [9.17, 15) is 14.9 Å². The van der Waals surface area contributed by atoms with Crippen LogP contribution in [0.5, 0.6) is 17.4 Å². The predicted molar refractivity (Wildman–Crippen MR) is 170 cm³/mol. The molecule has 2 heterocycles. The van der Waals surface area contributed by atoms with E-state index in [2.05, 4.69) is 46.5 Å². The van der Waals surface area contributed by atoms with E-state index in [-0.39, 0.29) is 23.0 Å². The van der Waals surface area contributed by atoms with Crippen LogP contribution in [0.2, 0.25) is 0 Å². The summed E-state index contributed by atoms with van der Waals surface area (Å²) in [5.74, 6) is 2.15. The molecule has 0 bridgehead atoms. The van der Waals surface area contributed by atoms with E-state index < -0.39 is 4.92 Å². The van der Waals surface area contributed by atoms with Crippen LogP contribution in [0.4, 0.5) is 5.69 Å². The Kier molecular flexibility index (Phi) is 8.29. The molecule has 0 saturated heterocycles. The van der Waals surface area contributed by atoms with Gasteiger partial charge in [0, 0.05) is 17.7 Å². The van der Waals surface area contributed by atoms with E-state index in [4.69, 9.17) is 14.5 Å². The molecule has 0 atom stereocenters. The van der Waals surface area contributed by atoms with Crippen LogP contribution in [0.25, 0.3) is 22.3 Å². The number of fused-ring (bicyclic) bond motifs is 1. The zero-order chi connectivity index (χ0) is 30.0. The van der Waals surface area contributed by atoms with Crippen molar-refractivity contribution in [3.63, 3.8) is 0 Å². The molecule has 0 saturated carbocycles. The van der Waals surface area contributed by atoms with Crippen molar-refractivity contribution in [3.8, 4) is 28.8 Å². The SMILES string of the molecule is COc1cc(C)c(-c2nc3ccccc3c(=O)n2N=Cc2ccc(Oc3ccc([N+](=O)[O-])cn3)c(I)c2)cc1C(C)C. The molecule has 2 aromatic heterocycles. The summed E-state index contributed by atoms with van der Waals surface area (Å²) < 4.78 is 13.5. The van der Waals surface area contributed by atoms with E-state index in [1.807, 2.05) is 37.3 Å². The van der Waals surface area contributed by atoms with Gasteiger partial charge in [-0.1, -0.05) is 26.0 Å². The number of pyridine rings is 1. The fourth-order valence-corrected chi connectivity index (χ4v) is 5.08. The van der Waals surface area contributed by atoms with Crippen LogP contribution in [-0.4, -0.2) is 32.9 Å². The van der Waals surface area contributed by atoms with Gasteiger partial charge in [-0.3, -0.25) is 14.9 Å². The third-order valence-electron chi connectivity index (χ3n) is 6.62. The van der Waals surface area contributed by atoms with Crippen LogP contribution in [0.3, 0.4) is 0 Å². The number of para-hydroxylation sites is 1. The van der Waals surface area contributed by atoms with Crippen molar-refractivity contribution in [2.45, 2.75) is 26.7 Å². The van der Waals surface area contributed by atoms with Crippen LogP contribution in [-0.2, 0) is 0 Å². The molecule has 0 radical (unpaired) electrons. The molecule has 10 nitrogen and oxygen atoms in total. The Morgan fingerprint density at radius 1 is 1.07 bits per heavy atom. The molecular formula is C31H26IN5O5. The molecule has 212 valence electrons. The van der Waals surface area contributed by atoms with Gasteiger partial charge in [-0.2, -0.15) is 9.78 Å². The summed E-state index contributed by atoms with van der Waals surface area (Å²) in [5, 5.41) is 15.9. The maximum atomic E-state index is 13.7. The second-order valence-electron chi connectivity index (χ2n) is 9.78. The van der Waals surface area contributed by atoms with Gasteiger partial charge in [-0.15, -0.1) is 0 Å². The molecule has 42 heavy (non-hydrogen) atoms. The molecule has 0 unspecified atom stereocenters. The summed E-state index contributed by atoms with van der Waals surface area (Å²) in [4.78, 5) is 32.9. The minimum absolute atomic E-state index is 0.119. The van der Waals surface area contributed by atoms with Gasteiger partial charge in [-0.05, 0) is 94.6 Å². The highest BCUT2D eigenvalue weighted by atomic mass is 127. The number of hydrogen-bond acceptors (Lipinski definition) is 8. The smallest absolute Gasteiger partial charge is 0.287 e. The number of aromatic nitrogens is 3. The minimum Gasteiger partial charge on any atom is -0.496 e. The molecule has 0 N–H and O–H groups in total. The summed E-state index contributed by atoms with van der Waals surface area (Å²) in [6.07, 6.45) is 2.74. The third kappa shape index (κ3) is 5.86. The van der Waals surface area contributed by atoms with Crippen LogP contribution in [0.1, 0.15) is 36.5 Å². The summed E-state index contributed by atoms with van der Waals surface area (Å²) in [5.41, 5.74) is 3.60. The highest BCUT2D eigenvalue weighted by molar-refractivity contribution is 14.1. The summed E-state index contributed by atoms with van der Waals surface area (Å²) in [6.45, 7) is 6.13. The molecule has 0 aliphatic carbocycles. The average molecular weight is 675 g/mol. The Hall–Kier alpha value is -4.65. The topological polar surface area (TPSA) is 122 Å². The Bertz CT molecular complexity index is 1900. The van der Waals surface area contributed by atoms with Crippen molar-refractivity contribution in [1.29, 1.82) is 0 Å². The van der Waals surface area contributed by atoms with E-state index in [0.717, 1.165) is 37.8 Å². The molecular weight excluding hydrogens is 649 g/mol. The Balaban J connectivity index is 1.55. The van der Waals surface area contributed by atoms with Crippen LogP contribution < -0.4 is 15.0 Å². The number of ether oxygens (including phenoxy) is 2. The predicted octanol–water partition coefficient (Wildman–Crippen LogP) is 7.09. The molecule has 0 aliphatic rings. The van der Waals surface area contributed by atoms with E-state index in [1.165, 1.54) is 16.8 Å². The summed E-state index contributed by atoms with van der Waals surface area (Å²) >= 11 is 2.12. The standard InChI is InChI=1S/C31H26IN5O5/c1-18(2)23-15-24(19(3)13-28(23)41-4)30-35-26-8-6-5-7-22(26)31(38)36(30)34-16-20-9-11-27(25(32)14-20)42-29-12-10-21(17-33-29)37(39)40/h5-18H,1-4H3. The third-order valence-corrected chi connectivity index (χ3v) is 7.46.